The van der Waals surface area contributed by atoms with Crippen LogP contribution in [-0.4, -0.2) is 38.0 Å². The molecule has 9 nitrogen and oxygen atoms in total. The van der Waals surface area contributed by atoms with Crippen LogP contribution < -0.4 is 0 Å². The van der Waals surface area contributed by atoms with E-state index in [4.69, 9.17) is 37.0 Å². The third-order valence-electron chi connectivity index (χ3n) is 9.56. The van der Waals surface area contributed by atoms with Crippen molar-refractivity contribution in [2.45, 2.75) is 75.5 Å². The number of hydrogen-bond acceptors (Lipinski definition) is 8. The summed E-state index contributed by atoms with van der Waals surface area (Å²) in [5.41, 5.74) is -0.0774. The molecule has 236 valence electrons. The molecular weight excluding hydrogens is 636 g/mol. The molecule has 4 saturated carbocycles. The average molecular weight is 663 g/mol. The number of aromatic nitrogens is 4. The molecule has 2 bridgehead atoms. The number of carboxylic acids is 1. The van der Waals surface area contributed by atoms with Crippen molar-refractivity contribution >= 4 is 29.2 Å². The minimum atomic E-state index is -4.72. The first-order valence-electron chi connectivity index (χ1n) is 14.6. The van der Waals surface area contributed by atoms with Crippen LogP contribution in [0.3, 0.4) is 0 Å². The van der Waals surface area contributed by atoms with Gasteiger partial charge in [-0.25, -0.2) is 4.79 Å². The third-order valence-corrected chi connectivity index (χ3v) is 10.1. The van der Waals surface area contributed by atoms with Crippen molar-refractivity contribution in [3.8, 4) is 22.6 Å². The van der Waals surface area contributed by atoms with E-state index < -0.39 is 23.3 Å². The molecule has 0 aliphatic heterocycles. The fraction of sp³-hybridized carbons (Fsp3) is 0.452. The number of carboxylic acid groups (broad SMARTS) is 1. The third kappa shape index (κ3) is 5.61. The Morgan fingerprint density at radius 2 is 1.69 bits per heavy atom. The van der Waals surface area contributed by atoms with Gasteiger partial charge in [-0.1, -0.05) is 33.5 Å². The van der Waals surface area contributed by atoms with Crippen molar-refractivity contribution in [1.82, 2.24) is 20.3 Å². The SMILES string of the molecule is O=C(O)c1cc(-c2noc(C34CCC(COCc5c(-c6c(Cl)cncc6Cl)noc5C5CC5)(CC3)CC4)n2)cc(C(F)(F)F)c1. The van der Waals surface area contributed by atoms with Crippen molar-refractivity contribution in [3.63, 3.8) is 0 Å². The van der Waals surface area contributed by atoms with Gasteiger partial charge in [0, 0.05) is 40.4 Å². The van der Waals surface area contributed by atoms with Crippen molar-refractivity contribution < 1.29 is 36.9 Å². The van der Waals surface area contributed by atoms with Gasteiger partial charge in [0.05, 0.1) is 34.4 Å². The second-order valence-electron chi connectivity index (χ2n) is 12.4. The smallest absolute Gasteiger partial charge is 0.416 e. The molecule has 8 rings (SSSR count). The number of carbonyl (C=O) groups is 1. The van der Waals surface area contributed by atoms with Crippen LogP contribution in [0.2, 0.25) is 10.0 Å². The normalized spacial score (nSPS) is 23.0. The molecule has 14 heteroatoms. The molecule has 0 unspecified atom stereocenters. The second kappa shape index (κ2) is 11.1. The van der Waals surface area contributed by atoms with Gasteiger partial charge >= 0.3 is 12.1 Å². The minimum absolute atomic E-state index is 0.0366. The Morgan fingerprint density at radius 3 is 2.31 bits per heavy atom. The number of nitrogens with zero attached hydrogens (tertiary/aromatic N) is 4. The highest BCUT2D eigenvalue weighted by Gasteiger charge is 2.52. The maximum Gasteiger partial charge on any atom is 0.416 e. The highest BCUT2D eigenvalue weighted by molar-refractivity contribution is 6.38. The zero-order valence-corrected chi connectivity index (χ0v) is 25.3. The summed E-state index contributed by atoms with van der Waals surface area (Å²) in [5.74, 6) is -0.0595. The molecule has 1 N–H and O–H groups in total. The molecule has 3 aromatic heterocycles. The van der Waals surface area contributed by atoms with Gasteiger partial charge in [-0.2, -0.15) is 18.2 Å². The number of benzene rings is 1. The lowest BCUT2D eigenvalue weighted by Crippen LogP contribution is -2.46. The number of halogens is 5. The van der Waals surface area contributed by atoms with Gasteiger partial charge in [0.2, 0.25) is 11.7 Å². The highest BCUT2D eigenvalue weighted by atomic mass is 35.5. The Labute approximate surface area is 265 Å². The van der Waals surface area contributed by atoms with Gasteiger partial charge in [-0.05, 0) is 75.0 Å². The van der Waals surface area contributed by atoms with E-state index in [2.05, 4.69) is 20.3 Å². The molecule has 0 amide bonds. The van der Waals surface area contributed by atoms with Gasteiger partial charge in [-0.3, -0.25) is 4.98 Å². The predicted molar refractivity (Wildman–Crippen MR) is 155 cm³/mol. The maximum atomic E-state index is 13.4. The zero-order chi connectivity index (χ0) is 31.6. The molecule has 4 aliphatic rings. The molecule has 45 heavy (non-hydrogen) atoms. The Balaban J connectivity index is 1.05. The van der Waals surface area contributed by atoms with Gasteiger partial charge in [-0.15, -0.1) is 0 Å². The molecule has 0 saturated heterocycles. The van der Waals surface area contributed by atoms with E-state index in [1.165, 1.54) is 12.4 Å². The average Bonchev–Trinajstić information content (AvgIpc) is 3.58. The summed E-state index contributed by atoms with van der Waals surface area (Å²) < 4.78 is 58.1. The topological polar surface area (TPSA) is 124 Å². The summed E-state index contributed by atoms with van der Waals surface area (Å²) in [6, 6.07) is 2.56. The molecule has 0 spiro atoms. The number of alkyl halides is 3. The van der Waals surface area contributed by atoms with Crippen molar-refractivity contribution in [2.75, 3.05) is 6.61 Å². The molecule has 0 radical (unpaired) electrons. The van der Waals surface area contributed by atoms with Gasteiger partial charge in [0.1, 0.15) is 11.5 Å². The summed E-state index contributed by atoms with van der Waals surface area (Å²) in [6.07, 6.45) is 5.20. The number of hydrogen-bond donors (Lipinski definition) is 1. The van der Waals surface area contributed by atoms with E-state index >= 15 is 0 Å². The van der Waals surface area contributed by atoms with E-state index in [0.29, 0.717) is 52.4 Å². The molecule has 1 aromatic carbocycles. The number of ether oxygens (including phenoxy) is 1. The Morgan fingerprint density at radius 1 is 1.00 bits per heavy atom. The molecule has 4 aromatic rings. The number of fused-ring (bicyclic) bond motifs is 3. The van der Waals surface area contributed by atoms with E-state index in [1.807, 2.05) is 0 Å². The van der Waals surface area contributed by atoms with Gasteiger partial charge < -0.3 is 18.9 Å². The zero-order valence-electron chi connectivity index (χ0n) is 23.8. The van der Waals surface area contributed by atoms with Crippen LogP contribution in [0.1, 0.15) is 90.4 Å². The molecule has 4 fully saturated rings. The van der Waals surface area contributed by atoms with E-state index in [9.17, 15) is 23.1 Å². The van der Waals surface area contributed by atoms with E-state index in [0.717, 1.165) is 74.8 Å². The first-order valence-corrected chi connectivity index (χ1v) is 15.4. The molecule has 4 aliphatic carbocycles. The van der Waals surface area contributed by atoms with Crippen LogP contribution in [0.15, 0.2) is 39.6 Å². The van der Waals surface area contributed by atoms with Gasteiger partial charge in [0.15, 0.2) is 0 Å². The summed E-state index contributed by atoms with van der Waals surface area (Å²) >= 11 is 12.9. The lowest BCUT2D eigenvalue weighted by atomic mass is 9.54. The lowest BCUT2D eigenvalue weighted by Gasteiger charge is -2.51. The standard InChI is InChI=1S/C31H27Cl2F3N4O5/c32-21-12-37-13-22(33)23(21)24-20(25(44-39-24)16-1-2-16)14-43-15-29-3-6-30(7-4-29,8-5-29)28-38-26(40-45-28)17-9-18(27(41)42)11-19(10-17)31(34,35)36/h9-13,16H,1-8,14-15H2,(H,41,42). The van der Waals surface area contributed by atoms with Crippen LogP contribution in [0, 0.1) is 5.41 Å². The summed E-state index contributed by atoms with van der Waals surface area (Å²) in [4.78, 5) is 20.0. The fourth-order valence-electron chi connectivity index (χ4n) is 6.73. The minimum Gasteiger partial charge on any atom is -0.478 e. The summed E-state index contributed by atoms with van der Waals surface area (Å²) in [7, 11) is 0. The van der Waals surface area contributed by atoms with Crippen LogP contribution in [0.4, 0.5) is 13.2 Å². The molecule has 0 atom stereocenters. The Hall–Kier alpha value is -3.48. The van der Waals surface area contributed by atoms with Crippen molar-refractivity contribution in [2.24, 2.45) is 5.41 Å². The number of rotatable bonds is 9. The van der Waals surface area contributed by atoms with E-state index in [-0.39, 0.29) is 22.2 Å². The predicted octanol–water partition coefficient (Wildman–Crippen LogP) is 8.50. The van der Waals surface area contributed by atoms with Crippen LogP contribution in [-0.2, 0) is 22.9 Å². The van der Waals surface area contributed by atoms with Crippen LogP contribution in [0.5, 0.6) is 0 Å². The number of aromatic carboxylic acids is 1. The monoisotopic (exact) mass is 662 g/mol. The van der Waals surface area contributed by atoms with Crippen LogP contribution in [0.25, 0.3) is 22.6 Å². The van der Waals surface area contributed by atoms with Crippen LogP contribution >= 0.6 is 23.2 Å². The first-order chi connectivity index (χ1) is 21.5. The maximum absolute atomic E-state index is 13.4. The Bertz CT molecular complexity index is 1740. The molecule has 3 heterocycles. The Kier molecular flexibility index (Phi) is 7.44. The fourth-order valence-corrected chi connectivity index (χ4v) is 7.28. The quantitative estimate of drug-likeness (QED) is 0.188. The summed E-state index contributed by atoms with van der Waals surface area (Å²) in [6.45, 7) is 0.835. The van der Waals surface area contributed by atoms with Crippen molar-refractivity contribution in [1.29, 1.82) is 0 Å². The second-order valence-corrected chi connectivity index (χ2v) is 13.2. The van der Waals surface area contributed by atoms with Gasteiger partial charge in [0.25, 0.3) is 0 Å². The van der Waals surface area contributed by atoms with E-state index in [1.54, 1.807) is 0 Å². The largest absolute Gasteiger partial charge is 0.478 e. The summed E-state index contributed by atoms with van der Waals surface area (Å²) in [5, 5.41) is 18.4. The number of pyridine rings is 1. The lowest BCUT2D eigenvalue weighted by molar-refractivity contribution is -0.137. The van der Waals surface area contributed by atoms with Crippen molar-refractivity contribution in [3.05, 3.63) is 69.0 Å². The first kappa shape index (κ1) is 30.2. The highest BCUT2D eigenvalue weighted by Crippen LogP contribution is 2.58. The molecular formula is C31H27Cl2F3N4O5.